The number of hydrogen-bond donors (Lipinski definition) is 3. The molecule has 0 bridgehead atoms. The Bertz CT molecular complexity index is 490. The van der Waals surface area contributed by atoms with Crippen molar-refractivity contribution < 1.29 is 14.4 Å². The van der Waals surface area contributed by atoms with E-state index in [-0.39, 0.29) is 5.75 Å². The number of nitrogens with two attached hydrogens (primary N) is 2. The molecule has 0 aliphatic rings. The molecule has 0 atom stereocenters. The Hall–Kier alpha value is -1.23. The molecule has 0 aliphatic carbocycles. The van der Waals surface area contributed by atoms with Crippen LogP contribution in [0.2, 0.25) is 0 Å². The van der Waals surface area contributed by atoms with Crippen LogP contribution in [0.5, 0.6) is 11.5 Å². The first-order valence-corrected chi connectivity index (χ1v) is 9.11. The molecule has 0 unspecified atom stereocenters. The van der Waals surface area contributed by atoms with Crippen LogP contribution < -0.4 is 20.4 Å². The fourth-order valence-electron chi connectivity index (χ4n) is 2.11. The third-order valence-electron chi connectivity index (χ3n) is 3.14. The number of phenols is 1. The van der Waals surface area contributed by atoms with Gasteiger partial charge in [0.15, 0.2) is 0 Å². The van der Waals surface area contributed by atoms with Gasteiger partial charge >= 0.3 is 7.59 Å². The Labute approximate surface area is 126 Å². The number of ether oxygens (including phenoxy) is 1. The Kier molecular flexibility index (Phi) is 7.02. The molecule has 21 heavy (non-hydrogen) atoms. The van der Waals surface area contributed by atoms with Crippen LogP contribution >= 0.6 is 7.59 Å². The molecule has 0 amide bonds. The molecule has 1 aromatic carbocycles. The summed E-state index contributed by atoms with van der Waals surface area (Å²) < 4.78 is 18.8. The van der Waals surface area contributed by atoms with E-state index < -0.39 is 7.59 Å². The van der Waals surface area contributed by atoms with Crippen molar-refractivity contribution in [3.63, 3.8) is 0 Å². The Morgan fingerprint density at radius 3 is 2.48 bits per heavy atom. The van der Waals surface area contributed by atoms with Gasteiger partial charge in [0.1, 0.15) is 11.5 Å². The van der Waals surface area contributed by atoms with E-state index in [1.165, 1.54) is 10.7 Å². The second-order valence-electron chi connectivity index (χ2n) is 4.94. The van der Waals surface area contributed by atoms with E-state index in [1.54, 1.807) is 12.1 Å². The number of benzene rings is 1. The quantitative estimate of drug-likeness (QED) is 0.478. The molecule has 5 N–H and O–H groups in total. The van der Waals surface area contributed by atoms with E-state index >= 15 is 0 Å². The van der Waals surface area contributed by atoms with Crippen molar-refractivity contribution >= 4 is 13.3 Å². The average molecular weight is 315 g/mol. The first-order valence-electron chi connectivity index (χ1n) is 7.31. The van der Waals surface area contributed by atoms with Crippen LogP contribution in [0.15, 0.2) is 18.2 Å². The minimum absolute atomic E-state index is 0.0347. The highest BCUT2D eigenvalue weighted by molar-refractivity contribution is 7.60. The van der Waals surface area contributed by atoms with Crippen LogP contribution in [0.1, 0.15) is 39.5 Å². The monoisotopic (exact) mass is 315 g/mol. The summed E-state index contributed by atoms with van der Waals surface area (Å²) in [5, 5.41) is 10.1. The van der Waals surface area contributed by atoms with Gasteiger partial charge in [0.05, 0.1) is 12.3 Å². The third-order valence-corrected chi connectivity index (χ3v) is 4.31. The number of phenolic OH excluding ortho intramolecular Hbond substituents is 1. The zero-order valence-corrected chi connectivity index (χ0v) is 13.7. The van der Waals surface area contributed by atoms with Crippen LogP contribution in [0, 0.1) is 0 Å². The van der Waals surface area contributed by atoms with Crippen molar-refractivity contribution in [3.8, 4) is 11.5 Å². The van der Waals surface area contributed by atoms with Gasteiger partial charge in [-0.3, -0.25) is 20.2 Å². The highest BCUT2D eigenvalue weighted by Gasteiger charge is 2.24. The molecular weight excluding hydrogens is 289 g/mol. The first-order chi connectivity index (χ1) is 9.90. The molecule has 0 saturated carbocycles. The van der Waals surface area contributed by atoms with Gasteiger partial charge in [-0.25, -0.2) is 0 Å². The normalized spacial score (nSPS) is 11.4. The Morgan fingerprint density at radius 2 is 1.95 bits per heavy atom. The van der Waals surface area contributed by atoms with E-state index in [0.717, 1.165) is 25.7 Å². The number of anilines is 1. The van der Waals surface area contributed by atoms with E-state index in [2.05, 4.69) is 6.92 Å². The van der Waals surface area contributed by atoms with E-state index in [4.69, 9.17) is 15.7 Å². The molecule has 1 aromatic rings. The molecule has 7 heteroatoms. The lowest BCUT2D eigenvalue weighted by Crippen LogP contribution is -2.29. The standard InChI is InChI=1S/C14H26N3O3P/c1-3-5-6-7-10-17(21(15,16)19)13-9-8-12(20-4-2)11-14(13)18/h8-9,11,18H,3-7,10H2,1-2H3,(H4,15,16,19). The highest BCUT2D eigenvalue weighted by Crippen LogP contribution is 2.43. The highest BCUT2D eigenvalue weighted by atomic mass is 31.2. The molecule has 0 fully saturated rings. The van der Waals surface area contributed by atoms with Crippen molar-refractivity contribution in [2.45, 2.75) is 39.5 Å². The topological polar surface area (TPSA) is 102 Å². The maximum Gasteiger partial charge on any atom is 0.300 e. The fourth-order valence-corrected chi connectivity index (χ4v) is 3.07. The number of aromatic hydroxyl groups is 1. The van der Waals surface area contributed by atoms with Crippen LogP contribution in [0.25, 0.3) is 0 Å². The molecule has 1 rings (SSSR count). The summed E-state index contributed by atoms with van der Waals surface area (Å²) >= 11 is 0. The second kappa shape index (κ2) is 8.27. The van der Waals surface area contributed by atoms with Crippen LogP contribution in [-0.2, 0) is 4.57 Å². The molecule has 0 radical (unpaired) electrons. The number of unbranched alkanes of at least 4 members (excludes halogenated alkanes) is 3. The lowest BCUT2D eigenvalue weighted by molar-refractivity contribution is 0.338. The number of nitrogens with zero attached hydrogens (tertiary/aromatic N) is 1. The van der Waals surface area contributed by atoms with Crippen molar-refractivity contribution in [2.75, 3.05) is 17.8 Å². The summed E-state index contributed by atoms with van der Waals surface area (Å²) in [6.45, 7) is 4.93. The fraction of sp³-hybridized carbons (Fsp3) is 0.571. The number of hydrogen-bond acceptors (Lipinski definition) is 3. The minimum atomic E-state index is -3.47. The van der Waals surface area contributed by atoms with E-state index in [1.807, 2.05) is 6.92 Å². The van der Waals surface area contributed by atoms with Gasteiger partial charge in [0, 0.05) is 12.6 Å². The molecule has 6 nitrogen and oxygen atoms in total. The Balaban J connectivity index is 2.90. The van der Waals surface area contributed by atoms with E-state index in [0.29, 0.717) is 24.6 Å². The van der Waals surface area contributed by atoms with Crippen molar-refractivity contribution in [1.29, 1.82) is 0 Å². The summed E-state index contributed by atoms with van der Waals surface area (Å²) in [5.41, 5.74) is 11.6. The summed E-state index contributed by atoms with van der Waals surface area (Å²) in [6, 6.07) is 4.81. The maximum atomic E-state index is 12.1. The summed E-state index contributed by atoms with van der Waals surface area (Å²) in [7, 11) is -3.47. The first kappa shape index (κ1) is 17.8. The van der Waals surface area contributed by atoms with Gasteiger partial charge in [-0.1, -0.05) is 26.2 Å². The Morgan fingerprint density at radius 1 is 1.24 bits per heavy atom. The van der Waals surface area contributed by atoms with Gasteiger partial charge in [-0.2, -0.15) is 0 Å². The second-order valence-corrected chi connectivity index (χ2v) is 6.77. The van der Waals surface area contributed by atoms with Crippen molar-refractivity contribution in [3.05, 3.63) is 18.2 Å². The molecule has 0 aromatic heterocycles. The lowest BCUT2D eigenvalue weighted by atomic mass is 10.2. The lowest BCUT2D eigenvalue weighted by Gasteiger charge is -2.28. The third kappa shape index (κ3) is 5.58. The molecule has 0 spiro atoms. The van der Waals surface area contributed by atoms with Crippen LogP contribution in [0.4, 0.5) is 5.69 Å². The van der Waals surface area contributed by atoms with Gasteiger partial charge in [0.25, 0.3) is 0 Å². The molecule has 0 saturated heterocycles. The number of rotatable bonds is 9. The molecule has 120 valence electrons. The summed E-state index contributed by atoms with van der Waals surface area (Å²) in [5.74, 6) is 0.515. The van der Waals surface area contributed by atoms with E-state index in [9.17, 15) is 9.67 Å². The van der Waals surface area contributed by atoms with Gasteiger partial charge < -0.3 is 9.84 Å². The maximum absolute atomic E-state index is 12.1. The zero-order valence-electron chi connectivity index (χ0n) is 12.8. The van der Waals surface area contributed by atoms with Gasteiger partial charge in [-0.05, 0) is 25.5 Å². The van der Waals surface area contributed by atoms with Gasteiger partial charge in [-0.15, -0.1) is 0 Å². The summed E-state index contributed by atoms with van der Waals surface area (Å²) in [6.07, 6.45) is 4.03. The molecule has 0 heterocycles. The predicted molar refractivity (Wildman–Crippen MR) is 86.7 cm³/mol. The molecular formula is C14H26N3O3P. The largest absolute Gasteiger partial charge is 0.506 e. The summed E-state index contributed by atoms with van der Waals surface area (Å²) in [4.78, 5) is 0. The minimum Gasteiger partial charge on any atom is -0.506 e. The van der Waals surface area contributed by atoms with Gasteiger partial charge in [0.2, 0.25) is 0 Å². The predicted octanol–water partition coefficient (Wildman–Crippen LogP) is 3.20. The van der Waals surface area contributed by atoms with Crippen LogP contribution in [-0.4, -0.2) is 18.3 Å². The average Bonchev–Trinajstić information content (AvgIpc) is 2.39. The smallest absolute Gasteiger partial charge is 0.300 e. The molecule has 0 aliphatic heterocycles. The van der Waals surface area contributed by atoms with Crippen molar-refractivity contribution in [2.24, 2.45) is 11.0 Å². The van der Waals surface area contributed by atoms with Crippen LogP contribution in [0.3, 0.4) is 0 Å². The SMILES string of the molecule is CCCCCCN(c1ccc(OCC)cc1O)P(N)(N)=O. The van der Waals surface area contributed by atoms with Crippen molar-refractivity contribution in [1.82, 2.24) is 0 Å². The zero-order chi connectivity index (χ0) is 15.9.